The maximum absolute atomic E-state index is 12.5. The molecule has 0 aromatic heterocycles. The van der Waals surface area contributed by atoms with Crippen LogP contribution in [0.3, 0.4) is 0 Å². The normalized spacial score (nSPS) is 10.4. The van der Waals surface area contributed by atoms with Gasteiger partial charge in [-0.05, 0) is 40.8 Å². The van der Waals surface area contributed by atoms with E-state index in [1.54, 1.807) is 22.6 Å². The molecule has 0 heterocycles. The second kappa shape index (κ2) is 6.23. The first-order chi connectivity index (χ1) is 7.70. The molecule has 1 aromatic rings. The Balaban J connectivity index is 0.00000289. The minimum absolute atomic E-state index is 0. The monoisotopic (exact) mass is 393 g/mol. The SMILES string of the molecule is Cl.NC(N)=NC(=O)c1cc(I)cc(C(F)(F)F)c1. The highest BCUT2D eigenvalue weighted by molar-refractivity contribution is 14.1. The van der Waals surface area contributed by atoms with E-state index in [0.29, 0.717) is 6.07 Å². The van der Waals surface area contributed by atoms with Gasteiger partial charge in [0.25, 0.3) is 5.91 Å². The molecule has 1 amide bonds. The summed E-state index contributed by atoms with van der Waals surface area (Å²) in [5.74, 6) is -1.41. The fourth-order valence-electron chi connectivity index (χ4n) is 1.06. The van der Waals surface area contributed by atoms with Crippen LogP contribution < -0.4 is 11.5 Å². The summed E-state index contributed by atoms with van der Waals surface area (Å²) in [5, 5.41) is 0. The smallest absolute Gasteiger partial charge is 0.370 e. The van der Waals surface area contributed by atoms with Gasteiger partial charge in [-0.25, -0.2) is 0 Å². The van der Waals surface area contributed by atoms with Gasteiger partial charge in [0.05, 0.1) is 5.56 Å². The number of aliphatic imine (C=N–C) groups is 1. The van der Waals surface area contributed by atoms with E-state index in [-0.39, 0.29) is 21.5 Å². The maximum atomic E-state index is 12.5. The van der Waals surface area contributed by atoms with E-state index in [0.717, 1.165) is 6.07 Å². The minimum Gasteiger partial charge on any atom is -0.370 e. The summed E-state index contributed by atoms with van der Waals surface area (Å²) in [4.78, 5) is 14.5. The molecule has 0 radical (unpaired) electrons. The predicted octanol–water partition coefficient (Wildman–Crippen LogP) is 2.15. The van der Waals surface area contributed by atoms with Crippen LogP contribution in [0.2, 0.25) is 0 Å². The average molecular weight is 394 g/mol. The summed E-state index contributed by atoms with van der Waals surface area (Å²) in [6.07, 6.45) is -4.52. The van der Waals surface area contributed by atoms with Crippen LogP contribution in [0.1, 0.15) is 15.9 Å². The second-order valence-corrected chi connectivity index (χ2v) is 4.31. The van der Waals surface area contributed by atoms with E-state index < -0.39 is 23.6 Å². The van der Waals surface area contributed by atoms with Crippen molar-refractivity contribution in [3.63, 3.8) is 0 Å². The van der Waals surface area contributed by atoms with E-state index in [4.69, 9.17) is 11.5 Å². The lowest BCUT2D eigenvalue weighted by Crippen LogP contribution is -2.24. The molecule has 1 rings (SSSR count). The molecule has 1 aromatic carbocycles. The van der Waals surface area contributed by atoms with Crippen molar-refractivity contribution in [2.24, 2.45) is 16.5 Å². The number of hydrogen-bond acceptors (Lipinski definition) is 1. The van der Waals surface area contributed by atoms with Crippen molar-refractivity contribution in [2.75, 3.05) is 0 Å². The summed E-state index contributed by atoms with van der Waals surface area (Å²) in [7, 11) is 0. The quantitative estimate of drug-likeness (QED) is 0.436. The zero-order valence-corrected chi connectivity index (χ0v) is 11.6. The lowest BCUT2D eigenvalue weighted by Gasteiger charge is -2.08. The molecular formula is C9H8ClF3IN3O. The Morgan fingerprint density at radius 2 is 1.78 bits per heavy atom. The van der Waals surface area contributed by atoms with Crippen LogP contribution in [-0.2, 0) is 6.18 Å². The van der Waals surface area contributed by atoms with Gasteiger partial charge in [0.15, 0.2) is 5.96 Å². The fraction of sp³-hybridized carbons (Fsp3) is 0.111. The highest BCUT2D eigenvalue weighted by Gasteiger charge is 2.31. The van der Waals surface area contributed by atoms with Crippen LogP contribution in [0.25, 0.3) is 0 Å². The molecular weight excluding hydrogens is 385 g/mol. The molecule has 0 fully saturated rings. The molecule has 0 bridgehead atoms. The first-order valence-corrected chi connectivity index (χ1v) is 5.30. The third kappa shape index (κ3) is 4.69. The van der Waals surface area contributed by atoms with E-state index in [1.165, 1.54) is 6.07 Å². The van der Waals surface area contributed by atoms with Crippen molar-refractivity contribution in [2.45, 2.75) is 6.18 Å². The van der Waals surface area contributed by atoms with E-state index in [2.05, 4.69) is 4.99 Å². The Labute approximate surface area is 120 Å². The molecule has 0 aliphatic rings. The number of carbonyl (C=O) groups is 1. The van der Waals surface area contributed by atoms with Crippen LogP contribution in [0, 0.1) is 3.57 Å². The van der Waals surface area contributed by atoms with Crippen LogP contribution in [0.5, 0.6) is 0 Å². The maximum Gasteiger partial charge on any atom is 0.416 e. The van der Waals surface area contributed by atoms with Gasteiger partial charge < -0.3 is 11.5 Å². The molecule has 18 heavy (non-hydrogen) atoms. The Kier molecular flexibility index (Phi) is 5.87. The number of guanidine groups is 1. The number of amides is 1. The zero-order chi connectivity index (χ0) is 13.2. The van der Waals surface area contributed by atoms with E-state index in [9.17, 15) is 18.0 Å². The van der Waals surface area contributed by atoms with Crippen molar-refractivity contribution >= 4 is 46.9 Å². The molecule has 0 aliphatic heterocycles. The summed E-state index contributed by atoms with van der Waals surface area (Å²) >= 11 is 1.67. The number of carbonyl (C=O) groups excluding carboxylic acids is 1. The van der Waals surface area contributed by atoms with Gasteiger partial charge in [-0.2, -0.15) is 18.2 Å². The third-order valence-electron chi connectivity index (χ3n) is 1.70. The Hall–Kier alpha value is -1.03. The average Bonchev–Trinajstić information content (AvgIpc) is 2.14. The van der Waals surface area contributed by atoms with Crippen LogP contribution in [0.4, 0.5) is 13.2 Å². The van der Waals surface area contributed by atoms with Gasteiger partial charge in [-0.3, -0.25) is 4.79 Å². The summed E-state index contributed by atoms with van der Waals surface area (Å²) < 4.78 is 37.7. The van der Waals surface area contributed by atoms with Gasteiger partial charge in [-0.15, -0.1) is 12.4 Å². The molecule has 100 valence electrons. The van der Waals surface area contributed by atoms with E-state index >= 15 is 0 Å². The van der Waals surface area contributed by atoms with Gasteiger partial charge in [0.1, 0.15) is 0 Å². The van der Waals surface area contributed by atoms with Gasteiger partial charge in [0.2, 0.25) is 0 Å². The molecule has 0 aliphatic carbocycles. The molecule has 9 heteroatoms. The Bertz CT molecular complexity index is 486. The lowest BCUT2D eigenvalue weighted by atomic mass is 10.1. The largest absolute Gasteiger partial charge is 0.416 e. The lowest BCUT2D eigenvalue weighted by molar-refractivity contribution is -0.137. The van der Waals surface area contributed by atoms with Crippen LogP contribution >= 0.6 is 35.0 Å². The first-order valence-electron chi connectivity index (χ1n) is 4.22. The number of benzene rings is 1. The Morgan fingerprint density at radius 3 is 2.22 bits per heavy atom. The molecule has 4 nitrogen and oxygen atoms in total. The zero-order valence-electron chi connectivity index (χ0n) is 8.66. The number of alkyl halides is 3. The van der Waals surface area contributed by atoms with E-state index in [1.807, 2.05) is 0 Å². The molecule has 0 unspecified atom stereocenters. The summed E-state index contributed by atoms with van der Waals surface area (Å²) in [6, 6.07) is 2.90. The highest BCUT2D eigenvalue weighted by Crippen LogP contribution is 2.31. The topological polar surface area (TPSA) is 81.5 Å². The minimum atomic E-state index is -4.52. The molecule has 0 atom stereocenters. The standard InChI is InChI=1S/C9H7F3IN3O.ClH/c10-9(11,12)5-1-4(2-6(13)3-5)7(17)16-8(14)15;/h1-3H,(H4,14,15,16,17);1H. The predicted molar refractivity (Wildman–Crippen MR) is 71.5 cm³/mol. The molecule has 4 N–H and O–H groups in total. The van der Waals surface area contributed by atoms with Crippen molar-refractivity contribution in [1.29, 1.82) is 0 Å². The third-order valence-corrected chi connectivity index (χ3v) is 2.33. The van der Waals surface area contributed by atoms with Crippen LogP contribution in [-0.4, -0.2) is 11.9 Å². The van der Waals surface area contributed by atoms with Crippen molar-refractivity contribution in [1.82, 2.24) is 0 Å². The number of hydrogen-bond donors (Lipinski definition) is 2. The second-order valence-electron chi connectivity index (χ2n) is 3.07. The van der Waals surface area contributed by atoms with Gasteiger partial charge >= 0.3 is 6.18 Å². The summed E-state index contributed by atoms with van der Waals surface area (Å²) in [5.41, 5.74) is 8.82. The van der Waals surface area contributed by atoms with Crippen LogP contribution in [0.15, 0.2) is 23.2 Å². The molecule has 0 saturated heterocycles. The first kappa shape index (κ1) is 17.0. The number of nitrogens with zero attached hydrogens (tertiary/aromatic N) is 1. The van der Waals surface area contributed by atoms with Crippen molar-refractivity contribution in [3.05, 3.63) is 32.9 Å². The number of halogens is 5. The number of nitrogens with two attached hydrogens (primary N) is 2. The van der Waals surface area contributed by atoms with Crippen molar-refractivity contribution in [3.8, 4) is 0 Å². The Morgan fingerprint density at radius 1 is 1.22 bits per heavy atom. The molecule has 0 spiro atoms. The summed E-state index contributed by atoms with van der Waals surface area (Å²) in [6.45, 7) is 0. The number of rotatable bonds is 1. The molecule has 0 saturated carbocycles. The fourth-order valence-corrected chi connectivity index (χ4v) is 1.73. The van der Waals surface area contributed by atoms with Crippen molar-refractivity contribution < 1.29 is 18.0 Å². The highest BCUT2D eigenvalue weighted by atomic mass is 127. The van der Waals surface area contributed by atoms with Gasteiger partial charge in [-0.1, -0.05) is 0 Å². The van der Waals surface area contributed by atoms with Gasteiger partial charge in [0, 0.05) is 9.13 Å².